The largest absolute Gasteiger partial charge is 0.389 e. The van der Waals surface area contributed by atoms with Crippen LogP contribution in [-0.2, 0) is 4.79 Å². The van der Waals surface area contributed by atoms with Gasteiger partial charge in [0, 0.05) is 19.5 Å². The Morgan fingerprint density at radius 3 is 2.60 bits per heavy atom. The average Bonchev–Trinajstić information content (AvgIpc) is 2.83. The lowest BCUT2D eigenvalue weighted by Gasteiger charge is -2.62. The van der Waals surface area contributed by atoms with E-state index in [0.29, 0.717) is 23.8 Å². The highest BCUT2D eigenvalue weighted by atomic mass is 16.3. The molecule has 2 unspecified atom stereocenters. The second-order valence-electron chi connectivity index (χ2n) is 10.00. The minimum Gasteiger partial charge on any atom is -0.389 e. The maximum atomic E-state index is 12.2. The summed E-state index contributed by atoms with van der Waals surface area (Å²) in [6.45, 7) is 8.72. The molecule has 4 rings (SSSR count). The van der Waals surface area contributed by atoms with Gasteiger partial charge in [-0.2, -0.15) is 0 Å². The van der Waals surface area contributed by atoms with E-state index in [1.54, 1.807) is 0 Å². The van der Waals surface area contributed by atoms with Gasteiger partial charge in [0.25, 0.3) is 0 Å². The topological polar surface area (TPSA) is 40.5 Å². The molecule has 25 heavy (non-hydrogen) atoms. The van der Waals surface area contributed by atoms with E-state index in [9.17, 15) is 9.90 Å². The third kappa shape index (κ3) is 2.17. The van der Waals surface area contributed by atoms with E-state index in [1.807, 2.05) is 13.1 Å². The quantitative estimate of drug-likeness (QED) is 0.764. The summed E-state index contributed by atoms with van der Waals surface area (Å²) in [6.07, 6.45) is 11.2. The van der Waals surface area contributed by atoms with Crippen molar-refractivity contribution < 1.29 is 9.90 Å². The number of piperidine rings is 1. The zero-order valence-corrected chi connectivity index (χ0v) is 16.3. The first kappa shape index (κ1) is 17.6. The summed E-state index contributed by atoms with van der Waals surface area (Å²) in [5, 5.41) is 11.4. The number of carbonyl (C=O) groups is 1. The zero-order chi connectivity index (χ0) is 18.0. The minimum absolute atomic E-state index is 0.0436. The Hall–Kier alpha value is -0.830. The maximum absolute atomic E-state index is 12.2. The molecule has 3 saturated carbocycles. The van der Waals surface area contributed by atoms with Crippen molar-refractivity contribution in [2.45, 2.75) is 83.3 Å². The van der Waals surface area contributed by atoms with Crippen LogP contribution in [0.5, 0.6) is 0 Å². The molecule has 0 spiro atoms. The molecular formula is C22H35NO2. The van der Waals surface area contributed by atoms with Crippen LogP contribution in [0.25, 0.3) is 0 Å². The van der Waals surface area contributed by atoms with Gasteiger partial charge in [-0.15, -0.1) is 6.58 Å². The van der Waals surface area contributed by atoms with Crippen LogP contribution in [0.3, 0.4) is 0 Å². The highest BCUT2D eigenvalue weighted by Crippen LogP contribution is 2.67. The van der Waals surface area contributed by atoms with Gasteiger partial charge in [0.05, 0.1) is 5.60 Å². The highest BCUT2D eigenvalue weighted by molar-refractivity contribution is 5.77. The van der Waals surface area contributed by atoms with Crippen LogP contribution in [0, 0.1) is 28.6 Å². The molecule has 1 heterocycles. The summed E-state index contributed by atoms with van der Waals surface area (Å²) >= 11 is 0. The molecule has 140 valence electrons. The lowest BCUT2D eigenvalue weighted by atomic mass is 9.46. The number of carbonyl (C=O) groups excluding carboxylic acids is 1. The molecule has 4 fully saturated rings. The molecule has 4 aliphatic rings. The van der Waals surface area contributed by atoms with Crippen molar-refractivity contribution >= 4 is 5.91 Å². The lowest BCUT2D eigenvalue weighted by Crippen LogP contribution is -2.62. The van der Waals surface area contributed by atoms with Crippen molar-refractivity contribution in [3.8, 4) is 0 Å². The number of hydrogen-bond acceptors (Lipinski definition) is 2. The molecule has 3 aliphatic carbocycles. The standard InChI is InChI=1S/C22H35NO2/c1-5-11-22(25)14-9-17-15-6-7-18-20(2,12-10-19(24)23(18)4)16(15)8-13-21(17,22)3/h5,15-18,25H,1,6-14H2,2-4H3/t15-,16-,17+,18?,20-,21+,22?/m1/s1. The summed E-state index contributed by atoms with van der Waals surface area (Å²) in [5.74, 6) is 2.41. The molecule has 3 heteroatoms. The smallest absolute Gasteiger partial charge is 0.222 e. The number of amides is 1. The van der Waals surface area contributed by atoms with Crippen LogP contribution >= 0.6 is 0 Å². The summed E-state index contributed by atoms with van der Waals surface area (Å²) in [4.78, 5) is 14.3. The fourth-order valence-corrected chi connectivity index (χ4v) is 7.83. The number of rotatable bonds is 2. The van der Waals surface area contributed by atoms with E-state index in [0.717, 1.165) is 50.9 Å². The van der Waals surface area contributed by atoms with Crippen molar-refractivity contribution in [2.24, 2.45) is 28.6 Å². The second kappa shape index (κ2) is 5.58. The monoisotopic (exact) mass is 345 g/mol. The third-order valence-electron chi connectivity index (χ3n) is 9.36. The first-order chi connectivity index (χ1) is 11.8. The van der Waals surface area contributed by atoms with Crippen molar-refractivity contribution in [2.75, 3.05) is 7.05 Å². The van der Waals surface area contributed by atoms with E-state index in [4.69, 9.17) is 0 Å². The van der Waals surface area contributed by atoms with Crippen molar-refractivity contribution in [1.82, 2.24) is 4.90 Å². The number of fused-ring (bicyclic) bond motifs is 5. The predicted octanol–water partition coefficient (Wildman–Crippen LogP) is 4.16. The summed E-state index contributed by atoms with van der Waals surface area (Å²) in [6, 6.07) is 0.424. The Labute approximate surface area is 152 Å². The van der Waals surface area contributed by atoms with Gasteiger partial charge in [-0.25, -0.2) is 0 Å². The molecule has 0 aromatic rings. The van der Waals surface area contributed by atoms with Crippen LogP contribution in [0.1, 0.15) is 71.6 Å². The van der Waals surface area contributed by atoms with E-state index in [1.165, 1.54) is 12.8 Å². The normalized spacial score (nSPS) is 52.3. The van der Waals surface area contributed by atoms with Crippen LogP contribution in [0.15, 0.2) is 12.7 Å². The fourth-order valence-electron chi connectivity index (χ4n) is 7.83. The first-order valence-corrected chi connectivity index (χ1v) is 10.4. The molecule has 3 nitrogen and oxygen atoms in total. The first-order valence-electron chi connectivity index (χ1n) is 10.4. The van der Waals surface area contributed by atoms with E-state index >= 15 is 0 Å². The van der Waals surface area contributed by atoms with Crippen molar-refractivity contribution in [3.63, 3.8) is 0 Å². The summed E-state index contributed by atoms with van der Waals surface area (Å²) < 4.78 is 0. The predicted molar refractivity (Wildman–Crippen MR) is 99.9 cm³/mol. The summed E-state index contributed by atoms with van der Waals surface area (Å²) in [5.41, 5.74) is -0.241. The Bertz CT molecular complexity index is 589. The van der Waals surface area contributed by atoms with Gasteiger partial charge in [0.15, 0.2) is 0 Å². The maximum Gasteiger partial charge on any atom is 0.222 e. The van der Waals surface area contributed by atoms with Gasteiger partial charge in [-0.05, 0) is 80.0 Å². The lowest BCUT2D eigenvalue weighted by molar-refractivity contribution is -0.168. The van der Waals surface area contributed by atoms with Crippen LogP contribution in [-0.4, -0.2) is 34.6 Å². The second-order valence-corrected chi connectivity index (χ2v) is 10.00. The van der Waals surface area contributed by atoms with Crippen LogP contribution in [0.2, 0.25) is 0 Å². The van der Waals surface area contributed by atoms with E-state index < -0.39 is 5.60 Å². The van der Waals surface area contributed by atoms with Gasteiger partial charge in [-0.1, -0.05) is 19.9 Å². The number of nitrogens with zero attached hydrogens (tertiary/aromatic N) is 1. The molecule has 1 aliphatic heterocycles. The molecular weight excluding hydrogens is 310 g/mol. The van der Waals surface area contributed by atoms with Gasteiger partial charge in [-0.3, -0.25) is 4.79 Å². The Morgan fingerprint density at radius 2 is 1.88 bits per heavy atom. The molecule has 0 radical (unpaired) electrons. The highest BCUT2D eigenvalue weighted by Gasteiger charge is 2.64. The SMILES string of the molecule is C=CCC1(O)CC[C@H]2[C@@H]3CCC4N(C)C(=O)CC[C@]4(C)[C@@H]3CC[C@@]21C. The van der Waals surface area contributed by atoms with Gasteiger partial charge < -0.3 is 10.0 Å². The van der Waals surface area contributed by atoms with Gasteiger partial charge >= 0.3 is 0 Å². The third-order valence-corrected chi connectivity index (χ3v) is 9.36. The molecule has 1 N–H and O–H groups in total. The fraction of sp³-hybridized carbons (Fsp3) is 0.864. The van der Waals surface area contributed by atoms with Crippen LogP contribution in [0.4, 0.5) is 0 Å². The Balaban J connectivity index is 1.64. The van der Waals surface area contributed by atoms with E-state index in [-0.39, 0.29) is 10.8 Å². The van der Waals surface area contributed by atoms with E-state index in [2.05, 4.69) is 25.3 Å². The molecule has 0 aromatic heterocycles. The van der Waals surface area contributed by atoms with Gasteiger partial charge in [0.1, 0.15) is 0 Å². The molecule has 0 aromatic carbocycles. The zero-order valence-electron chi connectivity index (χ0n) is 16.3. The molecule has 1 saturated heterocycles. The van der Waals surface area contributed by atoms with Crippen LogP contribution < -0.4 is 0 Å². The Morgan fingerprint density at radius 1 is 1.16 bits per heavy atom. The molecule has 0 bridgehead atoms. The Kier molecular flexibility index (Phi) is 3.92. The van der Waals surface area contributed by atoms with Gasteiger partial charge in [0.2, 0.25) is 5.91 Å². The molecule has 7 atom stereocenters. The van der Waals surface area contributed by atoms with Crippen molar-refractivity contribution in [3.05, 3.63) is 12.7 Å². The molecule has 1 amide bonds. The minimum atomic E-state index is -0.554. The van der Waals surface area contributed by atoms with Crippen molar-refractivity contribution in [1.29, 1.82) is 0 Å². The number of likely N-dealkylation sites (tertiary alicyclic amines) is 1. The average molecular weight is 346 g/mol. The summed E-state index contributed by atoms with van der Waals surface area (Å²) in [7, 11) is 2.02. The number of hydrogen-bond donors (Lipinski definition) is 1. The number of aliphatic hydroxyl groups is 1.